The third-order valence-electron chi connectivity index (χ3n) is 3.20. The average molecular weight is 350 g/mol. The molecule has 3 N–H and O–H groups in total. The molecule has 1 amide bonds. The van der Waals surface area contributed by atoms with Crippen molar-refractivity contribution in [1.29, 1.82) is 5.41 Å². The van der Waals surface area contributed by atoms with Crippen LogP contribution in [-0.4, -0.2) is 11.7 Å². The van der Waals surface area contributed by atoms with E-state index in [2.05, 4.69) is 10.6 Å². The van der Waals surface area contributed by atoms with Gasteiger partial charge in [-0.2, -0.15) is 0 Å². The fourth-order valence-corrected chi connectivity index (χ4v) is 2.45. The number of carbonyl (C=O) groups excluding carboxylic acids is 1. The van der Waals surface area contributed by atoms with Crippen molar-refractivity contribution >= 4 is 34.9 Å². The van der Waals surface area contributed by atoms with E-state index >= 15 is 0 Å². The number of hydrogen-bond acceptors (Lipinski definition) is 3. The summed E-state index contributed by atoms with van der Waals surface area (Å²) >= 11 is 11.9. The van der Waals surface area contributed by atoms with Crippen molar-refractivity contribution in [2.24, 2.45) is 0 Å². The fourth-order valence-electron chi connectivity index (χ4n) is 2.13. The summed E-state index contributed by atoms with van der Waals surface area (Å²) in [6, 6.07) is 14.1. The van der Waals surface area contributed by atoms with Crippen LogP contribution in [0, 0.1) is 5.41 Å². The first-order chi connectivity index (χ1) is 11.0. The number of amides is 1. The molecule has 1 unspecified atom stereocenters. The molecule has 0 saturated heterocycles. The molecule has 0 radical (unpaired) electrons. The normalized spacial score (nSPS) is 11.8. The molecule has 0 aliphatic rings. The molecule has 4 nitrogen and oxygen atoms in total. The number of halogens is 2. The van der Waals surface area contributed by atoms with Crippen molar-refractivity contribution in [3.63, 3.8) is 0 Å². The Hall–Kier alpha value is -1.88. The Kier molecular flexibility index (Phi) is 6.16. The van der Waals surface area contributed by atoms with Crippen molar-refractivity contribution < 1.29 is 4.79 Å². The van der Waals surface area contributed by atoms with Crippen molar-refractivity contribution in [1.82, 2.24) is 10.6 Å². The van der Waals surface area contributed by atoms with E-state index in [-0.39, 0.29) is 11.7 Å². The molecule has 0 aliphatic carbocycles. The maximum Gasteiger partial charge on any atom is 0.246 e. The first-order valence-electron chi connectivity index (χ1n) is 7.05. The summed E-state index contributed by atoms with van der Waals surface area (Å²) in [5.74, 6) is -0.170. The summed E-state index contributed by atoms with van der Waals surface area (Å²) in [5.41, 5.74) is 1.74. The van der Waals surface area contributed by atoms with Crippen molar-refractivity contribution in [2.45, 2.75) is 19.5 Å². The molecule has 2 aromatic carbocycles. The molecular formula is C17H17Cl2N3O. The third-order valence-corrected chi connectivity index (χ3v) is 3.94. The first-order valence-corrected chi connectivity index (χ1v) is 7.81. The molecule has 1 atom stereocenters. The minimum atomic E-state index is -0.564. The zero-order valence-corrected chi connectivity index (χ0v) is 14.1. The minimum Gasteiger partial charge on any atom is -0.313 e. The molecule has 0 bridgehead atoms. The summed E-state index contributed by atoms with van der Waals surface area (Å²) in [6.07, 6.45) is 0. The maximum atomic E-state index is 12.3. The van der Waals surface area contributed by atoms with Gasteiger partial charge in [-0.05, 0) is 30.2 Å². The Labute approximate surface area is 145 Å². The molecule has 0 heterocycles. The standard InChI is InChI=1S/C17H17Cl2N3O/c1-11(20)22-17(23)16(13-5-3-2-4-6-13)21-10-12-7-8-14(18)15(19)9-12/h2-9,16,21H,10H2,1H3,(H2,20,22,23). The summed E-state index contributed by atoms with van der Waals surface area (Å²) in [5, 5.41) is 14.1. The molecule has 0 fully saturated rings. The molecule has 2 rings (SSSR count). The largest absolute Gasteiger partial charge is 0.313 e. The van der Waals surface area contributed by atoms with Gasteiger partial charge >= 0.3 is 0 Å². The van der Waals surface area contributed by atoms with Gasteiger partial charge in [0.1, 0.15) is 6.04 Å². The SMILES string of the molecule is CC(=N)NC(=O)C(NCc1ccc(Cl)c(Cl)c1)c1ccccc1. The second-order valence-corrected chi connectivity index (χ2v) is 5.90. The number of carbonyl (C=O) groups is 1. The number of benzene rings is 2. The average Bonchev–Trinajstić information content (AvgIpc) is 2.51. The molecule has 23 heavy (non-hydrogen) atoms. The summed E-state index contributed by atoms with van der Waals surface area (Å²) < 4.78 is 0. The van der Waals surface area contributed by atoms with Gasteiger partial charge in [0.05, 0.1) is 15.9 Å². The van der Waals surface area contributed by atoms with Crippen molar-refractivity contribution in [3.05, 3.63) is 69.7 Å². The van der Waals surface area contributed by atoms with Crippen LogP contribution in [0.3, 0.4) is 0 Å². The lowest BCUT2D eigenvalue weighted by atomic mass is 10.1. The second kappa shape index (κ2) is 8.11. The lowest BCUT2D eigenvalue weighted by molar-refractivity contribution is -0.121. The Morgan fingerprint density at radius 2 is 1.83 bits per heavy atom. The number of nitrogens with one attached hydrogen (secondary N) is 3. The molecule has 120 valence electrons. The van der Waals surface area contributed by atoms with Crippen LogP contribution < -0.4 is 10.6 Å². The third kappa shape index (κ3) is 5.06. The molecule has 0 spiro atoms. The smallest absolute Gasteiger partial charge is 0.246 e. The van der Waals surface area contributed by atoms with E-state index < -0.39 is 6.04 Å². The number of amidine groups is 1. The van der Waals surface area contributed by atoms with Crippen LogP contribution in [0.5, 0.6) is 0 Å². The van der Waals surface area contributed by atoms with Gasteiger partial charge in [-0.3, -0.25) is 15.5 Å². The Morgan fingerprint density at radius 3 is 2.43 bits per heavy atom. The lowest BCUT2D eigenvalue weighted by Crippen LogP contribution is -2.39. The molecule has 0 aromatic heterocycles. The zero-order valence-electron chi connectivity index (χ0n) is 12.6. The molecule has 2 aromatic rings. The van der Waals surface area contributed by atoms with Gasteiger partial charge in [-0.1, -0.05) is 59.6 Å². The van der Waals surface area contributed by atoms with Crippen LogP contribution in [0.15, 0.2) is 48.5 Å². The van der Waals surface area contributed by atoms with E-state index in [1.54, 1.807) is 12.1 Å². The summed E-state index contributed by atoms with van der Waals surface area (Å²) in [4.78, 5) is 12.3. The minimum absolute atomic E-state index is 0.104. The molecule has 6 heteroatoms. The van der Waals surface area contributed by atoms with Crippen LogP contribution in [0.25, 0.3) is 0 Å². The quantitative estimate of drug-likeness (QED) is 0.565. The molecular weight excluding hydrogens is 333 g/mol. The van der Waals surface area contributed by atoms with Crippen LogP contribution in [0.2, 0.25) is 10.0 Å². The van der Waals surface area contributed by atoms with Gasteiger partial charge < -0.3 is 5.32 Å². The van der Waals surface area contributed by atoms with Crippen LogP contribution in [0.4, 0.5) is 0 Å². The van der Waals surface area contributed by atoms with Gasteiger partial charge in [0.15, 0.2) is 0 Å². The topological polar surface area (TPSA) is 65.0 Å². The van der Waals surface area contributed by atoms with E-state index in [0.29, 0.717) is 16.6 Å². The number of rotatable bonds is 5. The highest BCUT2D eigenvalue weighted by atomic mass is 35.5. The van der Waals surface area contributed by atoms with Crippen molar-refractivity contribution in [3.8, 4) is 0 Å². The van der Waals surface area contributed by atoms with E-state index in [1.807, 2.05) is 36.4 Å². The monoisotopic (exact) mass is 349 g/mol. The van der Waals surface area contributed by atoms with E-state index in [1.165, 1.54) is 6.92 Å². The molecule has 0 saturated carbocycles. The van der Waals surface area contributed by atoms with Crippen LogP contribution in [-0.2, 0) is 11.3 Å². The second-order valence-electron chi connectivity index (χ2n) is 5.09. The van der Waals surface area contributed by atoms with Gasteiger partial charge in [0, 0.05) is 6.54 Å². The predicted molar refractivity (Wildman–Crippen MR) is 94.0 cm³/mol. The first kappa shape index (κ1) is 17.5. The fraction of sp³-hybridized carbons (Fsp3) is 0.176. The number of hydrogen-bond donors (Lipinski definition) is 3. The zero-order chi connectivity index (χ0) is 16.8. The highest BCUT2D eigenvalue weighted by molar-refractivity contribution is 6.42. The Morgan fingerprint density at radius 1 is 1.13 bits per heavy atom. The van der Waals surface area contributed by atoms with Gasteiger partial charge in [-0.15, -0.1) is 0 Å². The maximum absolute atomic E-state index is 12.3. The van der Waals surface area contributed by atoms with Crippen LogP contribution >= 0.6 is 23.2 Å². The Bertz CT molecular complexity index is 704. The van der Waals surface area contributed by atoms with Gasteiger partial charge in [-0.25, -0.2) is 0 Å². The highest BCUT2D eigenvalue weighted by Gasteiger charge is 2.20. The van der Waals surface area contributed by atoms with Gasteiger partial charge in [0.25, 0.3) is 0 Å². The summed E-state index contributed by atoms with van der Waals surface area (Å²) in [7, 11) is 0. The lowest BCUT2D eigenvalue weighted by Gasteiger charge is -2.19. The van der Waals surface area contributed by atoms with Gasteiger partial charge in [0.2, 0.25) is 5.91 Å². The highest BCUT2D eigenvalue weighted by Crippen LogP contribution is 2.23. The van der Waals surface area contributed by atoms with Crippen molar-refractivity contribution in [2.75, 3.05) is 0 Å². The van der Waals surface area contributed by atoms with E-state index in [4.69, 9.17) is 28.6 Å². The summed E-state index contributed by atoms with van der Waals surface area (Å²) in [6.45, 7) is 1.97. The van der Waals surface area contributed by atoms with E-state index in [0.717, 1.165) is 11.1 Å². The molecule has 0 aliphatic heterocycles. The van der Waals surface area contributed by atoms with Crippen LogP contribution in [0.1, 0.15) is 24.1 Å². The predicted octanol–water partition coefficient (Wildman–Crippen LogP) is 3.94. The Balaban J connectivity index is 2.15. The van der Waals surface area contributed by atoms with E-state index in [9.17, 15) is 4.79 Å².